The molecule has 0 amide bonds. The topological polar surface area (TPSA) is 69.6 Å². The number of benzene rings is 1. The first kappa shape index (κ1) is 8.89. The fourth-order valence-corrected chi connectivity index (χ4v) is 1.29. The molecule has 2 N–H and O–H groups in total. The van der Waals surface area contributed by atoms with Crippen molar-refractivity contribution < 1.29 is 4.39 Å². The maximum Gasteiger partial charge on any atom is 0.245 e. The van der Waals surface area contributed by atoms with Gasteiger partial charge in [0.1, 0.15) is 5.69 Å². The van der Waals surface area contributed by atoms with Gasteiger partial charge >= 0.3 is 0 Å². The van der Waals surface area contributed by atoms with Crippen molar-refractivity contribution in [2.24, 2.45) is 0 Å². The monoisotopic (exact) mass is 213 g/mol. The summed E-state index contributed by atoms with van der Waals surface area (Å²) in [6.07, 6.45) is 0. The van der Waals surface area contributed by atoms with Crippen LogP contribution in [0.5, 0.6) is 0 Å². The van der Waals surface area contributed by atoms with Crippen molar-refractivity contribution in [1.29, 1.82) is 0 Å². The third-order valence-corrected chi connectivity index (χ3v) is 1.95. The van der Waals surface area contributed by atoms with E-state index in [9.17, 15) is 4.39 Å². The number of aromatic nitrogens is 4. The number of hydrogen-bond acceptors (Lipinski definition) is 4. The molecule has 0 aliphatic rings. The van der Waals surface area contributed by atoms with Gasteiger partial charge in [0, 0.05) is 0 Å². The summed E-state index contributed by atoms with van der Waals surface area (Å²) in [4.78, 5) is 0. The van der Waals surface area contributed by atoms with Crippen LogP contribution in [0.25, 0.3) is 5.69 Å². The molecule has 0 saturated carbocycles. The highest BCUT2D eigenvalue weighted by Crippen LogP contribution is 2.23. The predicted octanol–water partition coefficient (Wildman–Crippen LogP) is 1.04. The van der Waals surface area contributed by atoms with Gasteiger partial charge in [0.15, 0.2) is 5.82 Å². The minimum Gasteiger partial charge on any atom is -0.366 e. The quantitative estimate of drug-likeness (QED) is 0.768. The zero-order chi connectivity index (χ0) is 10.1. The third kappa shape index (κ3) is 1.29. The summed E-state index contributed by atoms with van der Waals surface area (Å²) < 4.78 is 14.4. The van der Waals surface area contributed by atoms with Crippen LogP contribution in [-0.4, -0.2) is 20.2 Å². The Kier molecular flexibility index (Phi) is 2.05. The lowest BCUT2D eigenvalue weighted by Crippen LogP contribution is -2.05. The van der Waals surface area contributed by atoms with E-state index < -0.39 is 5.82 Å². The van der Waals surface area contributed by atoms with E-state index in [2.05, 4.69) is 15.5 Å². The van der Waals surface area contributed by atoms with Gasteiger partial charge < -0.3 is 5.73 Å². The van der Waals surface area contributed by atoms with Crippen molar-refractivity contribution in [3.63, 3.8) is 0 Å². The van der Waals surface area contributed by atoms with Crippen LogP contribution < -0.4 is 5.73 Å². The van der Waals surface area contributed by atoms with E-state index in [1.807, 2.05) is 0 Å². The van der Waals surface area contributed by atoms with Gasteiger partial charge in [-0.25, -0.2) is 4.39 Å². The Morgan fingerprint density at radius 3 is 2.79 bits per heavy atom. The van der Waals surface area contributed by atoms with Crippen LogP contribution >= 0.6 is 11.6 Å². The highest BCUT2D eigenvalue weighted by molar-refractivity contribution is 6.32. The highest BCUT2D eigenvalue weighted by atomic mass is 35.5. The molecule has 1 heterocycles. The molecule has 0 aliphatic carbocycles. The maximum absolute atomic E-state index is 13.3. The van der Waals surface area contributed by atoms with Crippen LogP contribution in [0, 0.1) is 5.82 Å². The predicted molar refractivity (Wildman–Crippen MR) is 48.5 cm³/mol. The van der Waals surface area contributed by atoms with Crippen LogP contribution in [0.2, 0.25) is 5.02 Å². The number of nitrogens with zero attached hydrogens (tertiary/aromatic N) is 4. The van der Waals surface area contributed by atoms with Gasteiger partial charge in [-0.3, -0.25) is 0 Å². The van der Waals surface area contributed by atoms with E-state index in [0.29, 0.717) is 0 Å². The molecule has 0 unspecified atom stereocenters. The third-order valence-electron chi connectivity index (χ3n) is 1.64. The van der Waals surface area contributed by atoms with Crippen LogP contribution in [0.1, 0.15) is 0 Å². The molecule has 72 valence electrons. The minimum absolute atomic E-state index is 0.0167. The van der Waals surface area contributed by atoms with Gasteiger partial charge in [-0.2, -0.15) is 4.68 Å². The molecule has 1 aromatic carbocycles. The number of halogens is 2. The number of hydrogen-bond donors (Lipinski definition) is 1. The molecule has 0 fully saturated rings. The van der Waals surface area contributed by atoms with Crippen molar-refractivity contribution in [3.8, 4) is 5.69 Å². The molecule has 0 aliphatic heterocycles. The summed E-state index contributed by atoms with van der Waals surface area (Å²) in [5, 5.41) is 10.4. The van der Waals surface area contributed by atoms with Crippen LogP contribution in [0.4, 0.5) is 10.3 Å². The van der Waals surface area contributed by atoms with Gasteiger partial charge in [-0.05, 0) is 22.6 Å². The Labute approximate surface area is 83.3 Å². The SMILES string of the molecule is Nc1nnnn1-c1c(F)cccc1Cl. The van der Waals surface area contributed by atoms with Crippen molar-refractivity contribution >= 4 is 17.5 Å². The average Bonchev–Trinajstić information content (AvgIpc) is 2.52. The Morgan fingerprint density at radius 1 is 1.43 bits per heavy atom. The number of rotatable bonds is 1. The summed E-state index contributed by atoms with van der Waals surface area (Å²) in [5.74, 6) is -0.548. The lowest BCUT2D eigenvalue weighted by molar-refractivity contribution is 0.608. The van der Waals surface area contributed by atoms with E-state index in [-0.39, 0.29) is 16.7 Å². The molecule has 0 radical (unpaired) electrons. The van der Waals surface area contributed by atoms with Crippen LogP contribution in [0.3, 0.4) is 0 Å². The lowest BCUT2D eigenvalue weighted by atomic mass is 10.3. The Morgan fingerprint density at radius 2 is 2.21 bits per heavy atom. The fourth-order valence-electron chi connectivity index (χ4n) is 1.04. The summed E-state index contributed by atoms with van der Waals surface area (Å²) in [7, 11) is 0. The van der Waals surface area contributed by atoms with E-state index in [1.54, 1.807) is 0 Å². The first-order valence-corrected chi connectivity index (χ1v) is 4.06. The minimum atomic E-state index is -0.531. The fraction of sp³-hybridized carbons (Fsp3) is 0. The molecule has 2 rings (SSSR count). The Hall–Kier alpha value is -1.69. The van der Waals surface area contributed by atoms with Gasteiger partial charge in [0.2, 0.25) is 5.95 Å². The molecule has 0 saturated heterocycles. The molecule has 14 heavy (non-hydrogen) atoms. The molecule has 1 aromatic heterocycles. The summed E-state index contributed by atoms with van der Waals surface area (Å²) in [5.41, 5.74) is 5.46. The molecule has 0 spiro atoms. The van der Waals surface area contributed by atoms with Crippen molar-refractivity contribution in [1.82, 2.24) is 20.2 Å². The molecule has 5 nitrogen and oxygen atoms in total. The largest absolute Gasteiger partial charge is 0.366 e. The first-order valence-electron chi connectivity index (χ1n) is 3.68. The maximum atomic E-state index is 13.3. The van der Waals surface area contributed by atoms with Crippen molar-refractivity contribution in [3.05, 3.63) is 29.0 Å². The number of nitrogen functional groups attached to an aromatic ring is 1. The van der Waals surface area contributed by atoms with Crippen molar-refractivity contribution in [2.75, 3.05) is 5.73 Å². The van der Waals surface area contributed by atoms with Crippen molar-refractivity contribution in [2.45, 2.75) is 0 Å². The number of tetrazole rings is 1. The molecule has 0 bridgehead atoms. The molecular weight excluding hydrogens is 209 g/mol. The summed E-state index contributed by atoms with van der Waals surface area (Å²) >= 11 is 5.78. The number of anilines is 1. The van der Waals surface area contributed by atoms with E-state index in [1.165, 1.54) is 18.2 Å². The molecular formula is C7H5ClFN5. The Bertz CT molecular complexity index is 449. The smallest absolute Gasteiger partial charge is 0.245 e. The second-order valence-electron chi connectivity index (χ2n) is 2.52. The van der Waals surface area contributed by atoms with Gasteiger partial charge in [0.05, 0.1) is 5.02 Å². The standard InChI is InChI=1S/C7H5ClFN5/c8-4-2-1-3-5(9)6(4)14-7(10)11-12-13-14/h1-3H,(H2,10,11,13). The second-order valence-corrected chi connectivity index (χ2v) is 2.93. The first-order chi connectivity index (χ1) is 6.70. The lowest BCUT2D eigenvalue weighted by Gasteiger charge is -2.04. The molecule has 7 heteroatoms. The average molecular weight is 214 g/mol. The number of para-hydroxylation sites is 1. The molecule has 2 aromatic rings. The zero-order valence-electron chi connectivity index (χ0n) is 6.85. The summed E-state index contributed by atoms with van der Waals surface area (Å²) in [6, 6.07) is 4.27. The second kappa shape index (κ2) is 3.22. The van der Waals surface area contributed by atoms with E-state index >= 15 is 0 Å². The van der Waals surface area contributed by atoms with Gasteiger partial charge in [-0.15, -0.1) is 0 Å². The zero-order valence-corrected chi connectivity index (χ0v) is 7.61. The van der Waals surface area contributed by atoms with Crippen LogP contribution in [0.15, 0.2) is 18.2 Å². The normalized spacial score (nSPS) is 10.4. The highest BCUT2D eigenvalue weighted by Gasteiger charge is 2.13. The van der Waals surface area contributed by atoms with Gasteiger partial charge in [0.25, 0.3) is 0 Å². The Balaban J connectivity index is 2.68. The van der Waals surface area contributed by atoms with Crippen LogP contribution in [-0.2, 0) is 0 Å². The van der Waals surface area contributed by atoms with E-state index in [4.69, 9.17) is 17.3 Å². The molecule has 0 atom stereocenters. The summed E-state index contributed by atoms with van der Waals surface area (Å²) in [6.45, 7) is 0. The van der Waals surface area contributed by atoms with E-state index in [0.717, 1.165) is 4.68 Å². The number of nitrogens with two attached hydrogens (primary N) is 1. The van der Waals surface area contributed by atoms with Gasteiger partial charge in [-0.1, -0.05) is 22.8 Å².